The van der Waals surface area contributed by atoms with Gasteiger partial charge in [-0.25, -0.2) is 4.98 Å². The van der Waals surface area contributed by atoms with Gasteiger partial charge < -0.3 is 15.2 Å². The summed E-state index contributed by atoms with van der Waals surface area (Å²) in [5.41, 5.74) is 7.17. The van der Waals surface area contributed by atoms with E-state index in [1.54, 1.807) is 25.4 Å². The summed E-state index contributed by atoms with van der Waals surface area (Å²) in [6, 6.07) is 9.20. The lowest BCUT2D eigenvalue weighted by molar-refractivity contribution is 0.378. The van der Waals surface area contributed by atoms with Gasteiger partial charge >= 0.3 is 0 Å². The van der Waals surface area contributed by atoms with Gasteiger partial charge in [0, 0.05) is 6.20 Å². The predicted molar refractivity (Wildman–Crippen MR) is 77.9 cm³/mol. The molecule has 2 N–H and O–H groups in total. The second-order valence-electron chi connectivity index (χ2n) is 3.97. The molecule has 0 amide bonds. The molecule has 0 unspecified atom stereocenters. The Kier molecular flexibility index (Phi) is 3.97. The molecule has 0 aliphatic carbocycles. The van der Waals surface area contributed by atoms with Crippen LogP contribution in [0.15, 0.2) is 36.5 Å². The minimum absolute atomic E-state index is 0.196. The average Bonchev–Trinajstić information content (AvgIpc) is 2.41. The number of rotatable bonds is 4. The number of aryl methyl sites for hydroxylation is 1. The Morgan fingerprint density at radius 1 is 1.21 bits per heavy atom. The molecule has 5 heteroatoms. The highest BCUT2D eigenvalue weighted by Gasteiger charge is 2.11. The first kappa shape index (κ1) is 13.3. The number of nitrogens with zero attached hydrogens (tertiary/aromatic N) is 1. The number of hydrogen-bond acceptors (Lipinski definition) is 4. The number of thiocarbonyl (C=S) groups is 1. The number of benzene rings is 1. The summed E-state index contributed by atoms with van der Waals surface area (Å²) < 4.78 is 11.1. The normalized spacial score (nSPS) is 10.0. The highest BCUT2D eigenvalue weighted by Crippen LogP contribution is 2.33. The smallest absolute Gasteiger partial charge is 0.169 e. The molecule has 1 aromatic carbocycles. The second kappa shape index (κ2) is 5.67. The fraction of sp³-hybridized carbons (Fsp3) is 0.143. The van der Waals surface area contributed by atoms with Gasteiger partial charge in [0.25, 0.3) is 0 Å². The summed E-state index contributed by atoms with van der Waals surface area (Å²) in [5.74, 6) is 1.76. The Bertz CT molecular complexity index is 614. The number of pyridine rings is 1. The molecule has 2 rings (SSSR count). The van der Waals surface area contributed by atoms with Crippen molar-refractivity contribution in [1.82, 2.24) is 4.98 Å². The van der Waals surface area contributed by atoms with E-state index >= 15 is 0 Å². The third-order valence-electron chi connectivity index (χ3n) is 2.54. The van der Waals surface area contributed by atoms with Gasteiger partial charge in [-0.15, -0.1) is 0 Å². The van der Waals surface area contributed by atoms with Crippen molar-refractivity contribution in [3.8, 4) is 17.2 Å². The lowest BCUT2D eigenvalue weighted by Crippen LogP contribution is -2.12. The van der Waals surface area contributed by atoms with Crippen LogP contribution in [0.4, 0.5) is 0 Å². The molecule has 0 bridgehead atoms. The molecule has 1 heterocycles. The Hall–Kier alpha value is -2.14. The molecule has 0 fully saturated rings. The molecular weight excluding hydrogens is 260 g/mol. The minimum atomic E-state index is 0.196. The van der Waals surface area contributed by atoms with E-state index in [4.69, 9.17) is 27.4 Å². The zero-order chi connectivity index (χ0) is 13.8. The molecular formula is C14H14N2O2S. The summed E-state index contributed by atoms with van der Waals surface area (Å²) in [6.07, 6.45) is 1.62. The third kappa shape index (κ3) is 3.00. The van der Waals surface area contributed by atoms with Gasteiger partial charge in [-0.3, -0.25) is 0 Å². The van der Waals surface area contributed by atoms with E-state index in [2.05, 4.69) is 4.98 Å². The van der Waals surface area contributed by atoms with Gasteiger partial charge in [0.05, 0.1) is 7.11 Å². The van der Waals surface area contributed by atoms with Crippen LogP contribution in [0.1, 0.15) is 11.3 Å². The van der Waals surface area contributed by atoms with Crippen molar-refractivity contribution < 1.29 is 9.47 Å². The van der Waals surface area contributed by atoms with Crippen LogP contribution in [-0.4, -0.2) is 17.1 Å². The van der Waals surface area contributed by atoms with Crippen molar-refractivity contribution in [1.29, 1.82) is 0 Å². The predicted octanol–water partition coefficient (Wildman–Crippen LogP) is 2.83. The molecule has 0 aliphatic rings. The highest BCUT2D eigenvalue weighted by molar-refractivity contribution is 7.80. The molecule has 19 heavy (non-hydrogen) atoms. The average molecular weight is 274 g/mol. The molecule has 1 aromatic heterocycles. The van der Waals surface area contributed by atoms with E-state index in [-0.39, 0.29) is 4.99 Å². The van der Waals surface area contributed by atoms with Gasteiger partial charge in [0.2, 0.25) is 0 Å². The van der Waals surface area contributed by atoms with Crippen LogP contribution in [0, 0.1) is 6.92 Å². The molecule has 0 spiro atoms. The van der Waals surface area contributed by atoms with Crippen molar-refractivity contribution in [2.45, 2.75) is 6.92 Å². The molecule has 0 radical (unpaired) electrons. The number of hydrogen-bond donors (Lipinski definition) is 1. The van der Waals surface area contributed by atoms with Crippen molar-refractivity contribution in [3.05, 3.63) is 47.8 Å². The van der Waals surface area contributed by atoms with Crippen LogP contribution in [0.2, 0.25) is 0 Å². The topological polar surface area (TPSA) is 57.4 Å². The zero-order valence-corrected chi connectivity index (χ0v) is 11.5. The molecule has 2 aromatic rings. The van der Waals surface area contributed by atoms with Crippen molar-refractivity contribution in [2.75, 3.05) is 7.11 Å². The van der Waals surface area contributed by atoms with Crippen LogP contribution in [0.3, 0.4) is 0 Å². The maximum absolute atomic E-state index is 5.79. The summed E-state index contributed by atoms with van der Waals surface area (Å²) in [4.78, 5) is 4.31. The molecule has 0 atom stereocenters. The maximum atomic E-state index is 5.79. The first-order valence-electron chi connectivity index (χ1n) is 5.69. The van der Waals surface area contributed by atoms with E-state index in [1.807, 2.05) is 25.1 Å². The maximum Gasteiger partial charge on any atom is 0.169 e. The monoisotopic (exact) mass is 274 g/mol. The Morgan fingerprint density at radius 2 is 2.00 bits per heavy atom. The SMILES string of the molecule is COc1cc(C)ccc1Oc1cccnc1C(N)=S. The summed E-state index contributed by atoms with van der Waals surface area (Å²) in [7, 11) is 1.60. The minimum Gasteiger partial charge on any atom is -0.493 e. The number of aromatic nitrogens is 1. The van der Waals surface area contributed by atoms with Crippen molar-refractivity contribution in [3.63, 3.8) is 0 Å². The Balaban J connectivity index is 2.39. The fourth-order valence-electron chi connectivity index (χ4n) is 1.64. The van der Waals surface area contributed by atoms with Gasteiger partial charge in [-0.1, -0.05) is 18.3 Å². The van der Waals surface area contributed by atoms with E-state index in [9.17, 15) is 0 Å². The van der Waals surface area contributed by atoms with E-state index in [0.717, 1.165) is 5.56 Å². The molecule has 0 saturated carbocycles. The van der Waals surface area contributed by atoms with Gasteiger partial charge in [-0.05, 0) is 36.8 Å². The number of nitrogens with two attached hydrogens (primary N) is 1. The van der Waals surface area contributed by atoms with Crippen LogP contribution in [-0.2, 0) is 0 Å². The molecule has 0 saturated heterocycles. The van der Waals surface area contributed by atoms with Crippen LogP contribution in [0.5, 0.6) is 17.2 Å². The molecule has 98 valence electrons. The fourth-order valence-corrected chi connectivity index (χ4v) is 1.79. The lowest BCUT2D eigenvalue weighted by Gasteiger charge is -2.12. The van der Waals surface area contributed by atoms with Crippen LogP contribution >= 0.6 is 12.2 Å². The lowest BCUT2D eigenvalue weighted by atomic mass is 10.2. The van der Waals surface area contributed by atoms with E-state index < -0.39 is 0 Å². The van der Waals surface area contributed by atoms with Crippen LogP contribution < -0.4 is 15.2 Å². The van der Waals surface area contributed by atoms with Crippen molar-refractivity contribution in [2.24, 2.45) is 5.73 Å². The second-order valence-corrected chi connectivity index (χ2v) is 4.41. The van der Waals surface area contributed by atoms with Gasteiger partial charge in [-0.2, -0.15) is 0 Å². The standard InChI is InChI=1S/C14H14N2O2S/c1-9-5-6-10(12(8-9)17-2)18-11-4-3-7-16-13(11)14(15)19/h3-8H,1-2H3,(H2,15,19). The first-order chi connectivity index (χ1) is 9.11. The van der Waals surface area contributed by atoms with Crippen LogP contribution in [0.25, 0.3) is 0 Å². The first-order valence-corrected chi connectivity index (χ1v) is 6.10. The van der Waals surface area contributed by atoms with Crippen molar-refractivity contribution >= 4 is 17.2 Å². The Labute approximate surface area is 117 Å². The zero-order valence-electron chi connectivity index (χ0n) is 10.7. The summed E-state index contributed by atoms with van der Waals surface area (Å²) in [5, 5.41) is 0. The van der Waals surface area contributed by atoms with Gasteiger partial charge in [0.15, 0.2) is 17.2 Å². The number of ether oxygens (including phenoxy) is 2. The summed E-state index contributed by atoms with van der Waals surface area (Å²) >= 11 is 4.95. The van der Waals surface area contributed by atoms with E-state index in [1.165, 1.54) is 0 Å². The molecule has 4 nitrogen and oxygen atoms in total. The highest BCUT2D eigenvalue weighted by atomic mass is 32.1. The summed E-state index contributed by atoms with van der Waals surface area (Å²) in [6.45, 7) is 1.98. The molecule has 0 aliphatic heterocycles. The number of methoxy groups -OCH3 is 1. The van der Waals surface area contributed by atoms with Gasteiger partial charge in [0.1, 0.15) is 10.7 Å². The Morgan fingerprint density at radius 3 is 2.68 bits per heavy atom. The van der Waals surface area contributed by atoms with E-state index in [0.29, 0.717) is 22.9 Å². The third-order valence-corrected chi connectivity index (χ3v) is 2.74. The largest absolute Gasteiger partial charge is 0.493 e. The quantitative estimate of drug-likeness (QED) is 0.869.